The molecule has 5 aromatic rings. The van der Waals surface area contributed by atoms with Gasteiger partial charge in [-0.2, -0.15) is 0 Å². The zero-order valence-corrected chi connectivity index (χ0v) is 40.1. The molecule has 3 aromatic carbocycles. The highest BCUT2D eigenvalue weighted by Crippen LogP contribution is 2.37. The third kappa shape index (κ3) is 12.5. The average molecular weight is 1000 g/mol. The number of rotatable bonds is 17. The maximum atomic E-state index is 14.4. The third-order valence-electron chi connectivity index (χ3n) is 10.8. The second-order valence-corrected chi connectivity index (χ2v) is 18.4. The highest BCUT2D eigenvalue weighted by atomic mass is 33.1. The predicted molar refractivity (Wildman–Crippen MR) is 252 cm³/mol. The number of halogens is 1. The van der Waals surface area contributed by atoms with Gasteiger partial charge in [0.05, 0.1) is 18.4 Å². The van der Waals surface area contributed by atoms with Crippen LogP contribution in [-0.2, 0) is 72.0 Å². The van der Waals surface area contributed by atoms with Crippen LogP contribution in [0.15, 0.2) is 84.0 Å². The Balaban J connectivity index is 1.08. The summed E-state index contributed by atoms with van der Waals surface area (Å²) in [4.78, 5) is 98.4. The number of methoxy groups -OCH3 is 1. The maximum absolute atomic E-state index is 14.4. The van der Waals surface area contributed by atoms with Gasteiger partial charge in [-0.05, 0) is 75.9 Å². The fourth-order valence-electron chi connectivity index (χ4n) is 7.82. The molecule has 1 unspecified atom stereocenters. The summed E-state index contributed by atoms with van der Waals surface area (Å²) >= 11 is 0. The van der Waals surface area contributed by atoms with Crippen LogP contribution in [-0.4, -0.2) is 114 Å². The summed E-state index contributed by atoms with van der Waals surface area (Å²) in [5, 5.41) is 7.07. The van der Waals surface area contributed by atoms with Crippen molar-refractivity contribution in [3.63, 3.8) is 0 Å². The first-order valence-corrected chi connectivity index (χ1v) is 24.0. The van der Waals surface area contributed by atoms with E-state index in [-0.39, 0.29) is 42.5 Å². The molecule has 1 fully saturated rings. The van der Waals surface area contributed by atoms with Gasteiger partial charge in [0.2, 0.25) is 18.3 Å². The molecule has 0 radical (unpaired) electrons. The summed E-state index contributed by atoms with van der Waals surface area (Å²) in [6.07, 6.45) is -6.78. The van der Waals surface area contributed by atoms with Crippen molar-refractivity contribution >= 4 is 80.0 Å². The average Bonchev–Trinajstić information content (AvgIpc) is 3.60. The number of esters is 4. The number of anilines is 1. The molecule has 0 aliphatic carbocycles. The van der Waals surface area contributed by atoms with Gasteiger partial charge in [-0.3, -0.25) is 24.0 Å². The van der Waals surface area contributed by atoms with E-state index in [0.29, 0.717) is 35.2 Å². The van der Waals surface area contributed by atoms with Crippen LogP contribution >= 0.6 is 21.6 Å². The zero-order chi connectivity index (χ0) is 50.1. The second-order valence-electron chi connectivity index (χ2n) is 16.0. The number of nitrogens with one attached hydrogen (secondary N) is 3. The van der Waals surface area contributed by atoms with E-state index in [2.05, 4.69) is 20.6 Å². The lowest BCUT2D eigenvalue weighted by Gasteiger charge is -2.43. The number of pyridine rings is 1. The Labute approximate surface area is 408 Å². The van der Waals surface area contributed by atoms with Crippen molar-refractivity contribution in [2.24, 2.45) is 0 Å². The number of aromatic nitrogens is 2. The summed E-state index contributed by atoms with van der Waals surface area (Å²) in [6.45, 7) is 3.48. The van der Waals surface area contributed by atoms with Crippen LogP contribution in [0.25, 0.3) is 22.2 Å². The minimum absolute atomic E-state index is 0.0380. The molecular formula is C48H48FN5O14S2. The second kappa shape index (κ2) is 23.0. The Morgan fingerprint density at radius 2 is 1.61 bits per heavy atom. The number of H-pyrrole nitrogens is 1. The molecule has 3 amide bonds. The van der Waals surface area contributed by atoms with Gasteiger partial charge in [0.1, 0.15) is 23.2 Å². The molecular weight excluding hydrogens is 954 g/mol. The lowest BCUT2D eigenvalue weighted by Crippen LogP contribution is -2.64. The molecule has 70 heavy (non-hydrogen) atoms. The molecule has 0 spiro atoms. The van der Waals surface area contributed by atoms with Gasteiger partial charge in [-0.25, -0.2) is 19.0 Å². The van der Waals surface area contributed by atoms with E-state index in [1.807, 2.05) is 36.4 Å². The Bertz CT molecular complexity index is 2780. The zero-order valence-electron chi connectivity index (χ0n) is 38.4. The van der Waals surface area contributed by atoms with Crippen LogP contribution in [0.3, 0.4) is 0 Å². The SMILES string of the molecule is COC(=O)[C@H]1OC(Oc2ccc(COC(=O)N(C)Cc3ccc(-c4[nH]c5cc(F)cc6c5c4CCNC6=O)cc3)cc2NC(=O)CCSSc2ccccn2)[C@H](OC(C)=O)[C@@H](OC(C)=O)[C@@H]1OC(C)=O. The van der Waals surface area contributed by atoms with Crippen LogP contribution < -0.4 is 15.4 Å². The van der Waals surface area contributed by atoms with E-state index in [1.54, 1.807) is 19.3 Å². The van der Waals surface area contributed by atoms with Gasteiger partial charge >= 0.3 is 30.0 Å². The molecule has 2 aliphatic rings. The number of amides is 3. The summed E-state index contributed by atoms with van der Waals surface area (Å²) in [5.74, 6) is -4.64. The molecule has 368 valence electrons. The Kier molecular flexibility index (Phi) is 16.6. The Morgan fingerprint density at radius 3 is 2.31 bits per heavy atom. The fraction of sp³-hybridized carbons (Fsp3) is 0.333. The molecule has 22 heteroatoms. The van der Waals surface area contributed by atoms with Gasteiger partial charge in [0, 0.05) is 75.9 Å². The van der Waals surface area contributed by atoms with Crippen molar-refractivity contribution in [2.45, 2.75) is 82.5 Å². The van der Waals surface area contributed by atoms with Crippen molar-refractivity contribution in [3.8, 4) is 17.0 Å². The summed E-state index contributed by atoms with van der Waals surface area (Å²) in [5.41, 5.74) is 4.53. The van der Waals surface area contributed by atoms with E-state index in [9.17, 15) is 38.0 Å². The number of ether oxygens (including phenoxy) is 7. The quantitative estimate of drug-likeness (QED) is 0.0403. The number of carbonyl (C=O) groups is 7. The van der Waals surface area contributed by atoms with Crippen LogP contribution in [0.1, 0.15) is 54.2 Å². The van der Waals surface area contributed by atoms with Crippen molar-refractivity contribution in [1.29, 1.82) is 0 Å². The monoisotopic (exact) mass is 1000 g/mol. The molecule has 2 aliphatic heterocycles. The van der Waals surface area contributed by atoms with Crippen molar-refractivity contribution < 1.29 is 71.1 Å². The first kappa shape index (κ1) is 50.7. The fourth-order valence-corrected chi connectivity index (χ4v) is 9.69. The van der Waals surface area contributed by atoms with Gasteiger partial charge in [-0.15, -0.1) is 0 Å². The predicted octanol–water partition coefficient (Wildman–Crippen LogP) is 6.26. The van der Waals surface area contributed by atoms with E-state index in [1.165, 1.54) is 56.8 Å². The minimum Gasteiger partial charge on any atom is -0.467 e. The van der Waals surface area contributed by atoms with E-state index < -0.39 is 72.4 Å². The molecule has 19 nitrogen and oxygen atoms in total. The van der Waals surface area contributed by atoms with Crippen molar-refractivity contribution in [3.05, 3.63) is 107 Å². The van der Waals surface area contributed by atoms with Gasteiger partial charge in [0.15, 0.2) is 18.3 Å². The smallest absolute Gasteiger partial charge is 0.410 e. The molecule has 5 atom stereocenters. The van der Waals surface area contributed by atoms with Crippen LogP contribution in [0, 0.1) is 5.82 Å². The number of nitrogens with zero attached hydrogens (tertiary/aromatic N) is 2. The Hall–Kier alpha value is -7.17. The third-order valence-corrected chi connectivity index (χ3v) is 13.1. The summed E-state index contributed by atoms with van der Waals surface area (Å²) in [7, 11) is 5.42. The van der Waals surface area contributed by atoms with E-state index in [0.717, 1.165) is 55.3 Å². The highest BCUT2D eigenvalue weighted by molar-refractivity contribution is 8.76. The first-order chi connectivity index (χ1) is 33.6. The van der Waals surface area contributed by atoms with Gasteiger partial charge in [-0.1, -0.05) is 47.2 Å². The van der Waals surface area contributed by atoms with E-state index in [4.69, 9.17) is 33.2 Å². The van der Waals surface area contributed by atoms with Crippen molar-refractivity contribution in [2.75, 3.05) is 31.8 Å². The number of carbonyl (C=O) groups excluding carboxylic acids is 7. The first-order valence-electron chi connectivity index (χ1n) is 21.7. The topological polar surface area (TPSA) is 240 Å². The van der Waals surface area contributed by atoms with Crippen LogP contribution in [0.2, 0.25) is 0 Å². The van der Waals surface area contributed by atoms with E-state index >= 15 is 0 Å². The normalized spacial score (nSPS) is 18.4. The van der Waals surface area contributed by atoms with Gasteiger partial charge < -0.3 is 53.7 Å². The van der Waals surface area contributed by atoms with Crippen molar-refractivity contribution in [1.82, 2.24) is 20.2 Å². The number of hydrogen-bond acceptors (Lipinski definition) is 17. The molecule has 2 aromatic heterocycles. The lowest BCUT2D eigenvalue weighted by atomic mass is 9.97. The Morgan fingerprint density at radius 1 is 0.900 bits per heavy atom. The summed E-state index contributed by atoms with van der Waals surface area (Å²) < 4.78 is 53.5. The van der Waals surface area contributed by atoms with Gasteiger partial charge in [0.25, 0.3) is 5.91 Å². The number of benzene rings is 3. The maximum Gasteiger partial charge on any atom is 0.410 e. The summed E-state index contributed by atoms with van der Waals surface area (Å²) in [6, 6.07) is 20.0. The molecule has 7 rings (SSSR count). The highest BCUT2D eigenvalue weighted by Gasteiger charge is 2.56. The molecule has 0 saturated carbocycles. The lowest BCUT2D eigenvalue weighted by molar-refractivity contribution is -0.282. The largest absolute Gasteiger partial charge is 0.467 e. The molecule has 1 saturated heterocycles. The number of aromatic amines is 1. The minimum atomic E-state index is -1.74. The molecule has 4 heterocycles. The standard InChI is InChI=1S/C48H48FN5O14S2/c1-25(55)64-41-42(65-26(2)56)44(66-27(3)57)47(68-43(41)46(60)62-5)67-36-14-11-29(20-34(36)52-37(58)16-19-69-70-38-8-6-7-17-50-38)24-63-48(61)54(4)23-28-9-12-30(13-10-28)40-32-15-18-51-45(59)33-21-31(49)22-35(53-40)39(32)33/h6-14,17,20-22,41-44,47,53H,15-16,18-19,23-24H2,1-5H3,(H,51,59)(H,52,58)/t41-,42-,43-,44+,47?/m0/s1. The van der Waals surface area contributed by atoms with Crippen LogP contribution in [0.5, 0.6) is 5.75 Å². The van der Waals surface area contributed by atoms with Crippen LogP contribution in [0.4, 0.5) is 14.9 Å². The molecule has 3 N–H and O–H groups in total. The molecule has 0 bridgehead atoms. The number of hydrogen-bond donors (Lipinski definition) is 3.